The third kappa shape index (κ3) is 4.17. The highest BCUT2D eigenvalue weighted by molar-refractivity contribution is 7.99. The van der Waals surface area contributed by atoms with E-state index >= 15 is 0 Å². The molecule has 10 heteroatoms. The van der Waals surface area contributed by atoms with Gasteiger partial charge < -0.3 is 4.42 Å². The van der Waals surface area contributed by atoms with Crippen molar-refractivity contribution in [3.63, 3.8) is 0 Å². The first kappa shape index (κ1) is 20.4. The van der Waals surface area contributed by atoms with Gasteiger partial charge in [-0.2, -0.15) is 0 Å². The van der Waals surface area contributed by atoms with Gasteiger partial charge in [0.25, 0.3) is 5.91 Å². The van der Waals surface area contributed by atoms with Gasteiger partial charge in [-0.25, -0.2) is 14.9 Å². The van der Waals surface area contributed by atoms with Crippen LogP contribution in [0.4, 0.5) is 0 Å². The monoisotopic (exact) mass is 445 g/mol. The molecule has 156 valence electrons. The number of hydrazine groups is 1. The minimum Gasteiger partial charge on any atom is -0.467 e. The molecule has 0 saturated heterocycles. The molecular weight excluding hydrogens is 426 g/mol. The Bertz CT molecular complexity index is 1100. The average molecular weight is 446 g/mol. The molecule has 4 rings (SSSR count). The lowest BCUT2D eigenvalue weighted by atomic mass is 10.1. The molecule has 2 N–H and O–H groups in total. The Kier molecular flexibility index (Phi) is 6.01. The molecule has 8 nitrogen and oxygen atoms in total. The van der Waals surface area contributed by atoms with Gasteiger partial charge in [0.15, 0.2) is 5.16 Å². The van der Waals surface area contributed by atoms with E-state index in [0.29, 0.717) is 22.5 Å². The maximum absolute atomic E-state index is 13.1. The Morgan fingerprint density at radius 3 is 2.80 bits per heavy atom. The lowest BCUT2D eigenvalue weighted by Crippen LogP contribution is -2.40. The summed E-state index contributed by atoms with van der Waals surface area (Å²) in [4.78, 5) is 24.9. The summed E-state index contributed by atoms with van der Waals surface area (Å²) in [6.07, 6.45) is 4.31. The fourth-order valence-electron chi connectivity index (χ4n) is 3.18. The van der Waals surface area contributed by atoms with E-state index in [1.165, 1.54) is 21.3 Å². The molecule has 0 aliphatic carbocycles. The maximum Gasteiger partial charge on any atom is 0.343 e. The van der Waals surface area contributed by atoms with Crippen molar-refractivity contribution in [3.05, 3.63) is 75.6 Å². The number of H-pyrrole nitrogens is 1. The van der Waals surface area contributed by atoms with Crippen molar-refractivity contribution in [1.29, 1.82) is 0 Å². The molecular formula is C20H20ClN5O3S. The lowest BCUT2D eigenvalue weighted by Gasteiger charge is -2.23. The van der Waals surface area contributed by atoms with Gasteiger partial charge in [-0.15, -0.1) is 5.10 Å². The van der Waals surface area contributed by atoms with Crippen molar-refractivity contribution < 1.29 is 9.21 Å². The van der Waals surface area contributed by atoms with Crippen molar-refractivity contribution in [3.8, 4) is 0 Å². The summed E-state index contributed by atoms with van der Waals surface area (Å²) in [5, 5.41) is 9.13. The average Bonchev–Trinajstić information content (AvgIpc) is 3.48. The first-order chi connectivity index (χ1) is 14.6. The van der Waals surface area contributed by atoms with E-state index in [0.717, 1.165) is 17.7 Å². The molecule has 0 radical (unpaired) electrons. The van der Waals surface area contributed by atoms with Crippen LogP contribution in [-0.2, 0) is 11.3 Å². The van der Waals surface area contributed by atoms with E-state index in [9.17, 15) is 9.59 Å². The number of rotatable bonds is 7. The van der Waals surface area contributed by atoms with Crippen LogP contribution in [0, 0.1) is 0 Å². The standard InChI is InChI=1S/C20H20ClN5O3S/c1-2-9-25-19(28)22-23-20(25)30-12-18(27)26-16(17-4-3-10-29-17)11-15(24-26)13-5-7-14(21)8-6-13/h3-8,10-11,16,24H,2,9,12H2,1H3,(H,22,28)/t16-/m0/s1. The Hall–Kier alpha value is -2.91. The number of carbonyl (C=O) groups is 1. The van der Waals surface area contributed by atoms with Crippen LogP contribution in [0.15, 0.2) is 63.1 Å². The molecule has 3 heterocycles. The second-order valence-electron chi connectivity index (χ2n) is 6.67. The number of thioether (sulfide) groups is 1. The van der Waals surface area contributed by atoms with Crippen LogP contribution in [0.25, 0.3) is 5.70 Å². The van der Waals surface area contributed by atoms with Crippen LogP contribution in [0.5, 0.6) is 0 Å². The molecule has 1 amide bonds. The second kappa shape index (κ2) is 8.85. The normalized spacial score (nSPS) is 15.9. The van der Waals surface area contributed by atoms with Crippen molar-refractivity contribution in [2.75, 3.05) is 5.75 Å². The minimum atomic E-state index is -0.393. The molecule has 0 saturated carbocycles. The van der Waals surface area contributed by atoms with Crippen LogP contribution >= 0.6 is 23.4 Å². The van der Waals surface area contributed by atoms with Crippen molar-refractivity contribution >= 4 is 35.0 Å². The number of furan rings is 1. The van der Waals surface area contributed by atoms with Crippen LogP contribution in [-0.4, -0.2) is 31.4 Å². The molecule has 1 aliphatic rings. The van der Waals surface area contributed by atoms with Crippen molar-refractivity contribution in [1.82, 2.24) is 25.2 Å². The van der Waals surface area contributed by atoms with Gasteiger partial charge in [-0.3, -0.25) is 14.8 Å². The Labute approximate surface area is 181 Å². The molecule has 1 aromatic carbocycles. The predicted octanol–water partition coefficient (Wildman–Crippen LogP) is 3.45. The Morgan fingerprint density at radius 1 is 1.30 bits per heavy atom. The van der Waals surface area contributed by atoms with E-state index in [2.05, 4.69) is 15.6 Å². The molecule has 0 spiro atoms. The van der Waals surface area contributed by atoms with Gasteiger partial charge in [-0.1, -0.05) is 42.4 Å². The predicted molar refractivity (Wildman–Crippen MR) is 115 cm³/mol. The van der Waals surface area contributed by atoms with Gasteiger partial charge in [0.1, 0.15) is 11.8 Å². The zero-order valence-electron chi connectivity index (χ0n) is 16.2. The maximum atomic E-state index is 13.1. The largest absolute Gasteiger partial charge is 0.467 e. The lowest BCUT2D eigenvalue weighted by molar-refractivity contribution is -0.131. The highest BCUT2D eigenvalue weighted by atomic mass is 35.5. The van der Waals surface area contributed by atoms with Gasteiger partial charge in [0.2, 0.25) is 0 Å². The molecule has 1 atom stereocenters. The number of amides is 1. The fraction of sp³-hybridized carbons (Fsp3) is 0.250. The summed E-state index contributed by atoms with van der Waals surface area (Å²) in [7, 11) is 0. The molecule has 0 fully saturated rings. The van der Waals surface area contributed by atoms with E-state index < -0.39 is 6.04 Å². The summed E-state index contributed by atoms with van der Waals surface area (Å²) < 4.78 is 7.09. The minimum absolute atomic E-state index is 0.111. The Morgan fingerprint density at radius 2 is 2.10 bits per heavy atom. The zero-order valence-corrected chi connectivity index (χ0v) is 17.7. The molecule has 0 unspecified atom stereocenters. The number of halogens is 1. The second-order valence-corrected chi connectivity index (χ2v) is 8.05. The quantitative estimate of drug-likeness (QED) is 0.541. The highest BCUT2D eigenvalue weighted by Crippen LogP contribution is 2.32. The van der Waals surface area contributed by atoms with Crippen LogP contribution in [0.3, 0.4) is 0 Å². The third-order valence-electron chi connectivity index (χ3n) is 4.60. The number of hydrogen-bond acceptors (Lipinski definition) is 6. The topological polar surface area (TPSA) is 96.2 Å². The number of benzene rings is 1. The van der Waals surface area contributed by atoms with Crippen molar-refractivity contribution in [2.24, 2.45) is 0 Å². The van der Waals surface area contributed by atoms with E-state index in [1.807, 2.05) is 31.2 Å². The first-order valence-corrected chi connectivity index (χ1v) is 10.8. The first-order valence-electron chi connectivity index (χ1n) is 9.44. The van der Waals surface area contributed by atoms with Crippen LogP contribution < -0.4 is 11.1 Å². The van der Waals surface area contributed by atoms with E-state index in [4.69, 9.17) is 16.0 Å². The van der Waals surface area contributed by atoms with Gasteiger partial charge in [0.05, 0.1) is 17.7 Å². The van der Waals surface area contributed by atoms with Gasteiger partial charge in [0, 0.05) is 11.6 Å². The molecule has 1 aliphatic heterocycles. The molecule has 30 heavy (non-hydrogen) atoms. The number of carbonyl (C=O) groups excluding carboxylic acids is 1. The fourth-order valence-corrected chi connectivity index (χ4v) is 4.13. The smallest absolute Gasteiger partial charge is 0.343 e. The number of aromatic amines is 1. The number of nitrogens with zero attached hydrogens (tertiary/aromatic N) is 3. The van der Waals surface area contributed by atoms with Gasteiger partial charge in [-0.05, 0) is 42.3 Å². The number of aromatic nitrogens is 3. The molecule has 2 aromatic heterocycles. The summed E-state index contributed by atoms with van der Waals surface area (Å²) in [5.41, 5.74) is 4.60. The van der Waals surface area contributed by atoms with Crippen molar-refractivity contribution in [2.45, 2.75) is 31.1 Å². The van der Waals surface area contributed by atoms with Crippen LogP contribution in [0.2, 0.25) is 5.02 Å². The number of nitrogens with one attached hydrogen (secondary N) is 2. The Balaban J connectivity index is 1.52. The van der Waals surface area contributed by atoms with Gasteiger partial charge >= 0.3 is 5.69 Å². The highest BCUT2D eigenvalue weighted by Gasteiger charge is 2.32. The summed E-state index contributed by atoms with van der Waals surface area (Å²) in [6, 6.07) is 10.6. The zero-order chi connectivity index (χ0) is 21.1. The summed E-state index contributed by atoms with van der Waals surface area (Å²) in [5.74, 6) is 0.590. The van der Waals surface area contributed by atoms with E-state index in [-0.39, 0.29) is 17.3 Å². The SMILES string of the molecule is CCCn1c(SCC(=O)N2NC(c3ccc(Cl)cc3)=C[C@H]2c2ccco2)n[nH]c1=O. The third-order valence-corrected chi connectivity index (χ3v) is 5.81. The summed E-state index contributed by atoms with van der Waals surface area (Å²) >= 11 is 7.21. The summed E-state index contributed by atoms with van der Waals surface area (Å²) in [6.45, 7) is 2.52. The molecule has 3 aromatic rings. The van der Waals surface area contributed by atoms with E-state index in [1.54, 1.807) is 24.5 Å². The number of hydrogen-bond donors (Lipinski definition) is 2. The van der Waals surface area contributed by atoms with Crippen LogP contribution in [0.1, 0.15) is 30.7 Å². The molecule has 0 bridgehead atoms.